The van der Waals surface area contributed by atoms with E-state index in [1.807, 2.05) is 24.3 Å². The fourth-order valence-electron chi connectivity index (χ4n) is 1.89. The summed E-state index contributed by atoms with van der Waals surface area (Å²) in [5, 5.41) is 12.0. The van der Waals surface area contributed by atoms with Gasteiger partial charge >= 0.3 is 5.97 Å². The molecule has 2 N–H and O–H groups in total. The van der Waals surface area contributed by atoms with Crippen LogP contribution in [-0.4, -0.2) is 39.8 Å². The number of halogens is 1. The fourth-order valence-corrected chi connectivity index (χ4v) is 4.53. The zero-order chi connectivity index (χ0) is 14.6. The molecule has 7 heteroatoms. The largest absolute Gasteiger partial charge is 0.479 e. The van der Waals surface area contributed by atoms with Crippen LogP contribution in [0.1, 0.15) is 6.42 Å². The maximum atomic E-state index is 12.0. The van der Waals surface area contributed by atoms with Gasteiger partial charge in [-0.25, -0.2) is 4.79 Å². The summed E-state index contributed by atoms with van der Waals surface area (Å²) >= 11 is 6.33. The molecule has 0 bridgehead atoms. The molecule has 1 aromatic rings. The summed E-state index contributed by atoms with van der Waals surface area (Å²) in [4.78, 5) is 24.3. The third-order valence-corrected chi connectivity index (χ3v) is 5.65. The summed E-state index contributed by atoms with van der Waals surface area (Å²) in [6.45, 7) is 0. The van der Waals surface area contributed by atoms with Crippen molar-refractivity contribution in [1.29, 1.82) is 0 Å². The van der Waals surface area contributed by atoms with Crippen molar-refractivity contribution in [2.45, 2.75) is 16.9 Å². The average Bonchev–Trinajstić information content (AvgIpc) is 2.86. The van der Waals surface area contributed by atoms with E-state index in [1.165, 1.54) is 11.8 Å². The van der Waals surface area contributed by atoms with Crippen LogP contribution in [0.15, 0.2) is 33.6 Å². The molecule has 108 valence electrons. The zero-order valence-electron chi connectivity index (χ0n) is 10.6. The molecule has 2 rings (SSSR count). The molecule has 1 saturated heterocycles. The fraction of sp³-hybridized carbons (Fsp3) is 0.385. The Morgan fingerprint density at radius 2 is 2.30 bits per heavy atom. The second-order valence-electron chi connectivity index (χ2n) is 4.48. The van der Waals surface area contributed by atoms with Crippen molar-refractivity contribution in [2.24, 2.45) is 0 Å². The molecule has 1 heterocycles. The van der Waals surface area contributed by atoms with E-state index in [0.717, 1.165) is 15.1 Å². The maximum Gasteiger partial charge on any atom is 0.330 e. The van der Waals surface area contributed by atoms with Crippen molar-refractivity contribution in [3.63, 3.8) is 0 Å². The highest BCUT2D eigenvalue weighted by Crippen LogP contribution is 2.29. The lowest BCUT2D eigenvalue weighted by atomic mass is 9.99. The summed E-state index contributed by atoms with van der Waals surface area (Å²) in [6, 6.07) is 7.66. The van der Waals surface area contributed by atoms with Gasteiger partial charge in [0.15, 0.2) is 0 Å². The van der Waals surface area contributed by atoms with Crippen molar-refractivity contribution >= 4 is 51.3 Å². The van der Waals surface area contributed by atoms with Gasteiger partial charge in [-0.15, -0.1) is 11.8 Å². The molecule has 1 unspecified atom stereocenters. The molecule has 1 fully saturated rings. The van der Waals surface area contributed by atoms with E-state index in [0.29, 0.717) is 12.2 Å². The first-order valence-corrected chi connectivity index (χ1v) is 8.96. The van der Waals surface area contributed by atoms with Gasteiger partial charge in [-0.05, 0) is 30.4 Å². The van der Waals surface area contributed by atoms with Crippen molar-refractivity contribution < 1.29 is 14.7 Å². The van der Waals surface area contributed by atoms with Crippen molar-refractivity contribution in [2.75, 3.05) is 17.3 Å². The Hall–Kier alpha value is -0.660. The molecule has 4 nitrogen and oxygen atoms in total. The smallest absolute Gasteiger partial charge is 0.330 e. The molecule has 0 saturated carbocycles. The highest BCUT2D eigenvalue weighted by Gasteiger charge is 2.43. The molecule has 0 aliphatic carbocycles. The normalized spacial score (nSPS) is 21.6. The van der Waals surface area contributed by atoms with E-state index >= 15 is 0 Å². The molecular weight excluding hydrogens is 362 g/mol. The number of carbonyl (C=O) groups excluding carboxylic acids is 1. The number of thioether (sulfide) groups is 2. The third-order valence-electron chi connectivity index (χ3n) is 2.98. The highest BCUT2D eigenvalue weighted by molar-refractivity contribution is 9.10. The van der Waals surface area contributed by atoms with Gasteiger partial charge in [-0.2, -0.15) is 11.8 Å². The third kappa shape index (κ3) is 3.93. The van der Waals surface area contributed by atoms with E-state index in [2.05, 4.69) is 21.2 Å². The van der Waals surface area contributed by atoms with Gasteiger partial charge < -0.3 is 10.4 Å². The second kappa shape index (κ2) is 6.87. The van der Waals surface area contributed by atoms with Crippen LogP contribution in [0.2, 0.25) is 0 Å². The molecule has 1 atom stereocenters. The average molecular weight is 376 g/mol. The van der Waals surface area contributed by atoms with Gasteiger partial charge in [0.1, 0.15) is 5.54 Å². The predicted octanol–water partition coefficient (Wildman–Crippen LogP) is 2.62. The van der Waals surface area contributed by atoms with Crippen LogP contribution in [0.4, 0.5) is 0 Å². The van der Waals surface area contributed by atoms with Crippen molar-refractivity contribution in [1.82, 2.24) is 5.32 Å². The zero-order valence-corrected chi connectivity index (χ0v) is 13.8. The SMILES string of the molecule is O=C(CSc1cccc(Br)c1)NC1(C(=O)O)CCSC1. The molecule has 0 spiro atoms. The minimum atomic E-state index is -1.08. The Morgan fingerprint density at radius 1 is 1.50 bits per heavy atom. The van der Waals surface area contributed by atoms with E-state index in [-0.39, 0.29) is 11.7 Å². The Balaban J connectivity index is 1.90. The Labute approximate surface area is 134 Å². The quantitative estimate of drug-likeness (QED) is 0.774. The lowest BCUT2D eigenvalue weighted by Gasteiger charge is -2.24. The van der Waals surface area contributed by atoms with Gasteiger partial charge in [0, 0.05) is 15.1 Å². The van der Waals surface area contributed by atoms with Crippen LogP contribution in [0, 0.1) is 0 Å². The van der Waals surface area contributed by atoms with Crippen LogP contribution in [0.25, 0.3) is 0 Å². The monoisotopic (exact) mass is 375 g/mol. The first-order chi connectivity index (χ1) is 9.52. The Kier molecular flexibility index (Phi) is 5.40. The van der Waals surface area contributed by atoms with Gasteiger partial charge in [-0.3, -0.25) is 4.79 Å². The van der Waals surface area contributed by atoms with Crippen molar-refractivity contribution in [3.8, 4) is 0 Å². The maximum absolute atomic E-state index is 12.0. The van der Waals surface area contributed by atoms with Crippen molar-refractivity contribution in [3.05, 3.63) is 28.7 Å². The second-order valence-corrected chi connectivity index (χ2v) is 7.55. The van der Waals surface area contributed by atoms with Crippen LogP contribution < -0.4 is 5.32 Å². The first-order valence-electron chi connectivity index (χ1n) is 6.02. The van der Waals surface area contributed by atoms with Crippen LogP contribution in [0.5, 0.6) is 0 Å². The Morgan fingerprint density at radius 3 is 2.90 bits per heavy atom. The number of hydrogen-bond acceptors (Lipinski definition) is 4. The number of rotatable bonds is 5. The number of carbonyl (C=O) groups is 2. The number of benzene rings is 1. The molecule has 0 radical (unpaired) electrons. The van der Waals surface area contributed by atoms with Gasteiger partial charge in [-0.1, -0.05) is 22.0 Å². The van der Waals surface area contributed by atoms with Crippen LogP contribution >= 0.6 is 39.5 Å². The minimum Gasteiger partial charge on any atom is -0.479 e. The van der Waals surface area contributed by atoms with Crippen LogP contribution in [-0.2, 0) is 9.59 Å². The molecule has 1 aliphatic heterocycles. The number of amides is 1. The highest BCUT2D eigenvalue weighted by atomic mass is 79.9. The summed E-state index contributed by atoms with van der Waals surface area (Å²) < 4.78 is 0.956. The minimum absolute atomic E-state index is 0.218. The molecular formula is C13H14BrNO3S2. The molecule has 1 aromatic carbocycles. The first kappa shape index (κ1) is 15.7. The van der Waals surface area contributed by atoms with Gasteiger partial charge in [0.25, 0.3) is 0 Å². The van der Waals surface area contributed by atoms with Gasteiger partial charge in [0.05, 0.1) is 5.75 Å². The topological polar surface area (TPSA) is 66.4 Å². The van der Waals surface area contributed by atoms with E-state index in [9.17, 15) is 14.7 Å². The lowest BCUT2D eigenvalue weighted by molar-refractivity contribution is -0.146. The number of aliphatic carboxylic acids is 1. The summed E-state index contributed by atoms with van der Waals surface area (Å²) in [7, 11) is 0. The standard InChI is InChI=1S/C13H14BrNO3S2/c14-9-2-1-3-10(6-9)20-7-11(16)15-13(12(17)18)4-5-19-8-13/h1-3,6H,4-5,7-8H2,(H,15,16)(H,17,18). The predicted molar refractivity (Wildman–Crippen MR) is 85.3 cm³/mol. The van der Waals surface area contributed by atoms with Crippen LogP contribution in [0.3, 0.4) is 0 Å². The molecule has 20 heavy (non-hydrogen) atoms. The number of carboxylic acid groups (broad SMARTS) is 1. The number of carboxylic acids is 1. The lowest BCUT2D eigenvalue weighted by Crippen LogP contribution is -2.55. The number of nitrogens with one attached hydrogen (secondary N) is 1. The molecule has 1 amide bonds. The molecule has 0 aromatic heterocycles. The van der Waals surface area contributed by atoms with E-state index < -0.39 is 11.5 Å². The number of hydrogen-bond donors (Lipinski definition) is 2. The van der Waals surface area contributed by atoms with E-state index in [4.69, 9.17) is 0 Å². The van der Waals surface area contributed by atoms with Gasteiger partial charge in [0.2, 0.25) is 5.91 Å². The summed E-state index contributed by atoms with van der Waals surface area (Å²) in [5.41, 5.74) is -1.08. The Bertz CT molecular complexity index is 518. The summed E-state index contributed by atoms with van der Waals surface area (Å²) in [5.74, 6) is 0.250. The van der Waals surface area contributed by atoms with E-state index in [1.54, 1.807) is 11.8 Å². The molecule has 1 aliphatic rings. The summed E-state index contributed by atoms with van der Waals surface area (Å²) in [6.07, 6.45) is 0.486.